The zero-order chi connectivity index (χ0) is 10.6. The molecule has 0 saturated heterocycles. The molecule has 2 nitrogen and oxygen atoms in total. The average molecular weight is 191 g/mol. The maximum atomic E-state index is 11.2. The molecule has 0 fully saturated rings. The Kier molecular flexibility index (Phi) is 3.69. The van der Waals surface area contributed by atoms with Crippen LogP contribution < -0.4 is 5.73 Å². The summed E-state index contributed by atoms with van der Waals surface area (Å²) in [7, 11) is 0. The lowest BCUT2D eigenvalue weighted by molar-refractivity contribution is 0.0999. The molecule has 0 aromatic heterocycles. The van der Waals surface area contributed by atoms with Crippen molar-refractivity contribution in [3.63, 3.8) is 0 Å². The summed E-state index contributed by atoms with van der Waals surface area (Å²) >= 11 is 0. The summed E-state index contributed by atoms with van der Waals surface area (Å²) in [6, 6.07) is 5.90. The third-order valence-corrected chi connectivity index (χ3v) is 2.33. The summed E-state index contributed by atoms with van der Waals surface area (Å²) in [5.74, 6) is -0.320. The predicted octanol–water partition coefficient (Wildman–Crippen LogP) is 2.44. The van der Waals surface area contributed by atoms with E-state index in [1.807, 2.05) is 25.1 Å². The number of benzene rings is 1. The second-order valence-corrected chi connectivity index (χ2v) is 3.63. The number of carbonyl (C=O) groups is 1. The standard InChI is InChI=1S/C12H17NO/c1-3-4-5-10-7-6-9(2)8-11(10)12(13)14/h6-8H,3-5H2,1-2H3,(H2,13,14). The molecule has 0 aliphatic rings. The number of amides is 1. The highest BCUT2D eigenvalue weighted by Crippen LogP contribution is 2.13. The minimum Gasteiger partial charge on any atom is -0.366 e. The second-order valence-electron chi connectivity index (χ2n) is 3.63. The number of aryl methyl sites for hydroxylation is 2. The van der Waals surface area contributed by atoms with E-state index in [-0.39, 0.29) is 5.91 Å². The van der Waals surface area contributed by atoms with Crippen LogP contribution in [0.25, 0.3) is 0 Å². The van der Waals surface area contributed by atoms with Crippen LogP contribution >= 0.6 is 0 Å². The van der Waals surface area contributed by atoms with Gasteiger partial charge in [0.15, 0.2) is 0 Å². The molecular weight excluding hydrogens is 174 g/mol. The van der Waals surface area contributed by atoms with Crippen LogP contribution in [0.1, 0.15) is 41.3 Å². The fraction of sp³-hybridized carbons (Fsp3) is 0.417. The Morgan fingerprint density at radius 2 is 2.14 bits per heavy atom. The Hall–Kier alpha value is -1.31. The summed E-state index contributed by atoms with van der Waals surface area (Å²) in [6.07, 6.45) is 3.17. The summed E-state index contributed by atoms with van der Waals surface area (Å²) in [4.78, 5) is 11.2. The van der Waals surface area contributed by atoms with Crippen molar-refractivity contribution in [3.8, 4) is 0 Å². The minimum absolute atomic E-state index is 0.320. The summed E-state index contributed by atoms with van der Waals surface area (Å²) in [6.45, 7) is 4.11. The van der Waals surface area contributed by atoms with Gasteiger partial charge in [-0.3, -0.25) is 4.79 Å². The molecule has 0 radical (unpaired) electrons. The van der Waals surface area contributed by atoms with Crippen LogP contribution in [0.3, 0.4) is 0 Å². The first-order valence-electron chi connectivity index (χ1n) is 5.04. The molecule has 1 aromatic carbocycles. The predicted molar refractivity (Wildman–Crippen MR) is 58.3 cm³/mol. The lowest BCUT2D eigenvalue weighted by Crippen LogP contribution is -2.14. The number of unbranched alkanes of at least 4 members (excludes halogenated alkanes) is 1. The minimum atomic E-state index is -0.320. The fourth-order valence-corrected chi connectivity index (χ4v) is 1.50. The van der Waals surface area contributed by atoms with Crippen molar-refractivity contribution in [1.82, 2.24) is 0 Å². The molecule has 0 aliphatic carbocycles. The van der Waals surface area contributed by atoms with Crippen LogP contribution in [-0.2, 0) is 6.42 Å². The summed E-state index contributed by atoms with van der Waals surface area (Å²) in [5.41, 5.74) is 8.15. The molecule has 0 bridgehead atoms. The molecular formula is C12H17NO. The van der Waals surface area contributed by atoms with Gasteiger partial charge >= 0.3 is 0 Å². The largest absolute Gasteiger partial charge is 0.366 e. The molecule has 14 heavy (non-hydrogen) atoms. The first-order chi connectivity index (χ1) is 6.65. The molecule has 0 heterocycles. The molecule has 0 spiro atoms. The van der Waals surface area contributed by atoms with Gasteiger partial charge in [0.1, 0.15) is 0 Å². The van der Waals surface area contributed by atoms with Crippen molar-refractivity contribution in [2.24, 2.45) is 5.73 Å². The highest BCUT2D eigenvalue weighted by molar-refractivity contribution is 5.94. The highest BCUT2D eigenvalue weighted by atomic mass is 16.1. The van der Waals surface area contributed by atoms with Gasteiger partial charge < -0.3 is 5.73 Å². The van der Waals surface area contributed by atoms with E-state index in [2.05, 4.69) is 6.92 Å². The number of primary amides is 1. The van der Waals surface area contributed by atoms with Crippen LogP contribution in [0.15, 0.2) is 18.2 Å². The molecule has 1 rings (SSSR count). The third kappa shape index (κ3) is 2.59. The van der Waals surface area contributed by atoms with E-state index in [1.165, 1.54) is 0 Å². The topological polar surface area (TPSA) is 43.1 Å². The molecule has 1 amide bonds. The number of carbonyl (C=O) groups excluding carboxylic acids is 1. The fourth-order valence-electron chi connectivity index (χ4n) is 1.50. The summed E-state index contributed by atoms with van der Waals surface area (Å²) < 4.78 is 0. The molecule has 0 aliphatic heterocycles. The maximum Gasteiger partial charge on any atom is 0.248 e. The van der Waals surface area contributed by atoms with Gasteiger partial charge in [0.05, 0.1) is 0 Å². The summed E-state index contributed by atoms with van der Waals surface area (Å²) in [5, 5.41) is 0. The van der Waals surface area contributed by atoms with Gasteiger partial charge in [0.25, 0.3) is 0 Å². The third-order valence-electron chi connectivity index (χ3n) is 2.33. The number of hydrogen-bond acceptors (Lipinski definition) is 1. The van der Waals surface area contributed by atoms with E-state index < -0.39 is 0 Å². The Morgan fingerprint density at radius 3 is 2.71 bits per heavy atom. The van der Waals surface area contributed by atoms with Gasteiger partial charge in [-0.2, -0.15) is 0 Å². The van der Waals surface area contributed by atoms with Crippen molar-refractivity contribution >= 4 is 5.91 Å². The van der Waals surface area contributed by atoms with Crippen LogP contribution in [0.2, 0.25) is 0 Å². The molecule has 0 atom stereocenters. The van der Waals surface area contributed by atoms with E-state index in [0.29, 0.717) is 5.56 Å². The number of nitrogens with two attached hydrogens (primary N) is 1. The molecule has 1 aromatic rings. The van der Waals surface area contributed by atoms with Gasteiger partial charge in [-0.15, -0.1) is 0 Å². The Labute approximate surface area is 85.1 Å². The number of hydrogen-bond donors (Lipinski definition) is 1. The Morgan fingerprint density at radius 1 is 1.43 bits per heavy atom. The van der Waals surface area contributed by atoms with Crippen molar-refractivity contribution in [3.05, 3.63) is 34.9 Å². The van der Waals surface area contributed by atoms with Crippen molar-refractivity contribution < 1.29 is 4.79 Å². The van der Waals surface area contributed by atoms with Crippen molar-refractivity contribution in [2.45, 2.75) is 33.1 Å². The first-order valence-corrected chi connectivity index (χ1v) is 5.04. The van der Waals surface area contributed by atoms with Crippen LogP contribution in [0, 0.1) is 6.92 Å². The highest BCUT2D eigenvalue weighted by Gasteiger charge is 2.07. The molecule has 0 unspecified atom stereocenters. The zero-order valence-electron chi connectivity index (χ0n) is 8.84. The van der Waals surface area contributed by atoms with Gasteiger partial charge in [-0.05, 0) is 31.4 Å². The Bertz CT molecular complexity index is 331. The quantitative estimate of drug-likeness (QED) is 0.780. The molecule has 76 valence electrons. The van der Waals surface area contributed by atoms with Gasteiger partial charge in [0, 0.05) is 5.56 Å². The molecule has 0 saturated carbocycles. The monoisotopic (exact) mass is 191 g/mol. The van der Waals surface area contributed by atoms with Crippen molar-refractivity contribution in [2.75, 3.05) is 0 Å². The van der Waals surface area contributed by atoms with E-state index in [0.717, 1.165) is 30.4 Å². The smallest absolute Gasteiger partial charge is 0.248 e. The molecule has 2 heteroatoms. The normalized spacial score (nSPS) is 10.1. The van der Waals surface area contributed by atoms with Gasteiger partial charge in [-0.25, -0.2) is 0 Å². The maximum absolute atomic E-state index is 11.2. The average Bonchev–Trinajstić information content (AvgIpc) is 2.15. The van der Waals surface area contributed by atoms with Crippen LogP contribution in [0.5, 0.6) is 0 Å². The van der Waals surface area contributed by atoms with Crippen LogP contribution in [-0.4, -0.2) is 5.91 Å². The van der Waals surface area contributed by atoms with Crippen LogP contribution in [0.4, 0.5) is 0 Å². The first kappa shape index (κ1) is 10.8. The SMILES string of the molecule is CCCCc1ccc(C)cc1C(N)=O. The van der Waals surface area contributed by atoms with E-state index in [9.17, 15) is 4.79 Å². The van der Waals surface area contributed by atoms with Gasteiger partial charge in [0.2, 0.25) is 5.91 Å². The lowest BCUT2D eigenvalue weighted by atomic mass is 9.99. The molecule has 2 N–H and O–H groups in total. The van der Waals surface area contributed by atoms with E-state index in [1.54, 1.807) is 0 Å². The van der Waals surface area contributed by atoms with E-state index in [4.69, 9.17) is 5.73 Å². The lowest BCUT2D eigenvalue weighted by Gasteiger charge is -2.06. The Balaban J connectivity index is 2.96. The van der Waals surface area contributed by atoms with Crippen molar-refractivity contribution in [1.29, 1.82) is 0 Å². The zero-order valence-corrected chi connectivity index (χ0v) is 8.84. The second kappa shape index (κ2) is 4.80. The van der Waals surface area contributed by atoms with Gasteiger partial charge in [-0.1, -0.05) is 31.0 Å². The van der Waals surface area contributed by atoms with E-state index >= 15 is 0 Å². The number of rotatable bonds is 4.